The molecule has 0 radical (unpaired) electrons. The smallest absolute Gasteiger partial charge is 0.417 e. The largest absolute Gasteiger partial charge is 0.494 e. The Balaban J connectivity index is 2.22. The molecule has 1 aliphatic heterocycles. The van der Waals surface area contributed by atoms with Gasteiger partial charge in [0.05, 0.1) is 23.2 Å². The molecule has 2 atom stereocenters. The zero-order chi connectivity index (χ0) is 22.1. The topological polar surface area (TPSA) is 49.8 Å². The minimum absolute atomic E-state index is 0.267. The van der Waals surface area contributed by atoms with Crippen molar-refractivity contribution in [1.82, 2.24) is 4.90 Å². The Hall–Kier alpha value is -1.96. The van der Waals surface area contributed by atoms with Crippen LogP contribution in [0.4, 0.5) is 13.2 Å². The van der Waals surface area contributed by atoms with E-state index in [0.717, 1.165) is 6.07 Å². The predicted octanol–water partition coefficient (Wildman–Crippen LogP) is 6.05. The molecular formula is C21H20Cl2F3NO3. The van der Waals surface area contributed by atoms with Crippen molar-refractivity contribution < 1.29 is 27.8 Å². The Morgan fingerprint density at radius 2 is 2.00 bits per heavy atom. The molecule has 1 saturated heterocycles. The van der Waals surface area contributed by atoms with Crippen LogP contribution in [0.5, 0.6) is 5.75 Å². The fourth-order valence-corrected chi connectivity index (χ4v) is 4.27. The minimum Gasteiger partial charge on any atom is -0.494 e. The van der Waals surface area contributed by atoms with Crippen LogP contribution in [-0.4, -0.2) is 35.2 Å². The third-order valence-corrected chi connectivity index (χ3v) is 5.65. The van der Waals surface area contributed by atoms with Gasteiger partial charge in [0.15, 0.2) is 0 Å². The molecule has 1 N–H and O–H groups in total. The summed E-state index contributed by atoms with van der Waals surface area (Å²) in [4.78, 5) is 13.5. The van der Waals surface area contributed by atoms with Gasteiger partial charge in [-0.1, -0.05) is 29.3 Å². The van der Waals surface area contributed by atoms with E-state index < -0.39 is 34.8 Å². The average molecular weight is 462 g/mol. The van der Waals surface area contributed by atoms with E-state index in [1.54, 1.807) is 30.0 Å². The number of hydrogen-bond acceptors (Lipinski definition) is 3. The lowest BCUT2D eigenvalue weighted by Gasteiger charge is -2.33. The minimum atomic E-state index is -4.65. The molecular weight excluding hydrogens is 442 g/mol. The molecule has 1 heterocycles. The molecule has 2 aromatic rings. The highest BCUT2D eigenvalue weighted by Crippen LogP contribution is 2.43. The van der Waals surface area contributed by atoms with Crippen molar-refractivity contribution in [3.05, 3.63) is 63.1 Å². The van der Waals surface area contributed by atoms with Gasteiger partial charge in [0, 0.05) is 17.1 Å². The van der Waals surface area contributed by atoms with Crippen LogP contribution in [0.15, 0.2) is 36.4 Å². The molecule has 0 bridgehead atoms. The van der Waals surface area contributed by atoms with E-state index in [9.17, 15) is 23.1 Å². The van der Waals surface area contributed by atoms with Crippen molar-refractivity contribution >= 4 is 29.2 Å². The summed E-state index contributed by atoms with van der Waals surface area (Å²) in [5.41, 5.74) is -0.200. The number of nitrogens with zero attached hydrogens (tertiary/aromatic N) is 1. The van der Waals surface area contributed by atoms with Crippen LogP contribution in [-0.2, 0) is 11.0 Å². The number of rotatable bonds is 6. The normalized spacial score (nSPS) is 18.4. The van der Waals surface area contributed by atoms with Gasteiger partial charge in [0.1, 0.15) is 11.8 Å². The SMILES string of the molecule is CCOc1ccc(Cl)cc1C(c1ccc(Cl)c(C(F)(F)F)c1)N1CCCC1C(=O)O. The Labute approximate surface area is 182 Å². The van der Waals surface area contributed by atoms with E-state index in [0.29, 0.717) is 42.3 Å². The molecule has 2 aromatic carbocycles. The molecule has 0 saturated carbocycles. The van der Waals surface area contributed by atoms with E-state index in [2.05, 4.69) is 0 Å². The van der Waals surface area contributed by atoms with Crippen LogP contribution < -0.4 is 4.74 Å². The van der Waals surface area contributed by atoms with E-state index in [1.165, 1.54) is 12.1 Å². The Morgan fingerprint density at radius 3 is 2.63 bits per heavy atom. The summed E-state index contributed by atoms with van der Waals surface area (Å²) in [5, 5.41) is 9.63. The van der Waals surface area contributed by atoms with Gasteiger partial charge in [0.25, 0.3) is 0 Å². The second-order valence-corrected chi connectivity index (χ2v) is 7.83. The molecule has 0 spiro atoms. The maximum absolute atomic E-state index is 13.5. The van der Waals surface area contributed by atoms with E-state index in [1.807, 2.05) is 0 Å². The average Bonchev–Trinajstić information content (AvgIpc) is 3.14. The number of ether oxygens (including phenoxy) is 1. The van der Waals surface area contributed by atoms with Gasteiger partial charge in [-0.2, -0.15) is 13.2 Å². The Bertz CT molecular complexity index is 936. The third kappa shape index (κ3) is 4.68. The van der Waals surface area contributed by atoms with Crippen LogP contribution >= 0.6 is 23.2 Å². The number of carboxylic acid groups (broad SMARTS) is 1. The second-order valence-electron chi connectivity index (χ2n) is 6.99. The monoisotopic (exact) mass is 461 g/mol. The maximum Gasteiger partial charge on any atom is 0.417 e. The zero-order valence-electron chi connectivity index (χ0n) is 16.0. The van der Waals surface area contributed by atoms with Gasteiger partial charge < -0.3 is 9.84 Å². The lowest BCUT2D eigenvalue weighted by atomic mass is 9.94. The summed E-state index contributed by atoms with van der Waals surface area (Å²) in [6, 6.07) is 6.87. The highest BCUT2D eigenvalue weighted by Gasteiger charge is 2.40. The van der Waals surface area contributed by atoms with E-state index in [-0.39, 0.29) is 5.56 Å². The molecule has 9 heteroatoms. The van der Waals surface area contributed by atoms with Crippen LogP contribution in [0, 0.1) is 0 Å². The highest BCUT2D eigenvalue weighted by atomic mass is 35.5. The van der Waals surface area contributed by atoms with Crippen LogP contribution in [0.3, 0.4) is 0 Å². The number of hydrogen-bond donors (Lipinski definition) is 1. The summed E-state index contributed by atoms with van der Waals surface area (Å²) in [5.74, 6) is -0.589. The van der Waals surface area contributed by atoms with Crippen molar-refractivity contribution in [1.29, 1.82) is 0 Å². The molecule has 0 aliphatic carbocycles. The van der Waals surface area contributed by atoms with Gasteiger partial charge in [-0.3, -0.25) is 9.69 Å². The molecule has 162 valence electrons. The van der Waals surface area contributed by atoms with E-state index in [4.69, 9.17) is 27.9 Å². The summed E-state index contributed by atoms with van der Waals surface area (Å²) in [6.07, 6.45) is -3.64. The summed E-state index contributed by atoms with van der Waals surface area (Å²) < 4.78 is 46.2. The number of carboxylic acids is 1. The van der Waals surface area contributed by atoms with Gasteiger partial charge in [0.2, 0.25) is 0 Å². The summed E-state index contributed by atoms with van der Waals surface area (Å²) >= 11 is 12.0. The number of carbonyl (C=O) groups is 1. The standard InChI is InChI=1S/C21H20Cl2F3NO3/c1-2-30-18-8-6-13(22)11-14(18)19(27-9-3-4-17(27)20(28)29)12-5-7-16(23)15(10-12)21(24,25)26/h5-8,10-11,17,19H,2-4,9H2,1H3,(H,28,29). The van der Waals surface area contributed by atoms with Crippen LogP contribution in [0.2, 0.25) is 10.0 Å². The summed E-state index contributed by atoms with van der Waals surface area (Å²) in [7, 11) is 0. The first-order valence-corrected chi connectivity index (χ1v) is 10.2. The molecule has 1 aliphatic rings. The number of likely N-dealkylation sites (tertiary alicyclic amines) is 1. The predicted molar refractivity (Wildman–Crippen MR) is 108 cm³/mol. The molecule has 30 heavy (non-hydrogen) atoms. The summed E-state index contributed by atoms with van der Waals surface area (Å²) in [6.45, 7) is 2.52. The van der Waals surface area contributed by atoms with Crippen LogP contribution in [0.1, 0.15) is 42.5 Å². The quantitative estimate of drug-likeness (QED) is 0.568. The van der Waals surface area contributed by atoms with Crippen molar-refractivity contribution in [3.8, 4) is 5.75 Å². The molecule has 0 aromatic heterocycles. The molecule has 3 rings (SSSR count). The number of aliphatic carboxylic acids is 1. The number of halogens is 5. The molecule has 0 amide bonds. The third-order valence-electron chi connectivity index (χ3n) is 5.09. The lowest BCUT2D eigenvalue weighted by Crippen LogP contribution is -2.39. The maximum atomic E-state index is 13.5. The fourth-order valence-electron chi connectivity index (χ4n) is 3.86. The Morgan fingerprint density at radius 1 is 1.27 bits per heavy atom. The van der Waals surface area contributed by atoms with Crippen molar-refractivity contribution in [2.75, 3.05) is 13.2 Å². The van der Waals surface area contributed by atoms with Crippen LogP contribution in [0.25, 0.3) is 0 Å². The van der Waals surface area contributed by atoms with Gasteiger partial charge in [-0.25, -0.2) is 0 Å². The number of alkyl halides is 3. The fraction of sp³-hybridized carbons (Fsp3) is 0.381. The van der Waals surface area contributed by atoms with Gasteiger partial charge in [-0.15, -0.1) is 0 Å². The zero-order valence-corrected chi connectivity index (χ0v) is 17.6. The molecule has 4 nitrogen and oxygen atoms in total. The number of benzene rings is 2. The van der Waals surface area contributed by atoms with Crippen molar-refractivity contribution in [3.63, 3.8) is 0 Å². The van der Waals surface area contributed by atoms with Crippen molar-refractivity contribution in [2.24, 2.45) is 0 Å². The first kappa shape index (κ1) is 22.7. The van der Waals surface area contributed by atoms with Crippen molar-refractivity contribution in [2.45, 2.75) is 38.0 Å². The van der Waals surface area contributed by atoms with Gasteiger partial charge in [-0.05, 0) is 55.7 Å². The first-order chi connectivity index (χ1) is 14.1. The lowest BCUT2D eigenvalue weighted by molar-refractivity contribution is -0.143. The van der Waals surface area contributed by atoms with E-state index >= 15 is 0 Å². The Kier molecular flexibility index (Phi) is 6.84. The highest BCUT2D eigenvalue weighted by molar-refractivity contribution is 6.31. The first-order valence-electron chi connectivity index (χ1n) is 9.41. The van der Waals surface area contributed by atoms with Gasteiger partial charge >= 0.3 is 12.1 Å². The second kappa shape index (κ2) is 9.04. The molecule has 1 fully saturated rings. The molecule has 2 unspecified atom stereocenters.